The van der Waals surface area contributed by atoms with Crippen LogP contribution in [0.1, 0.15) is 40.7 Å². The fourth-order valence-corrected chi connectivity index (χ4v) is 10.7. The summed E-state index contributed by atoms with van der Waals surface area (Å²) in [6.45, 7) is 0. The first-order valence-electron chi connectivity index (χ1n) is 22.2. The Morgan fingerprint density at radius 3 is 1.67 bits per heavy atom. The molecule has 9 aromatic carbocycles. The number of ether oxygens (including phenoxy) is 2. The zero-order valence-corrected chi connectivity index (χ0v) is 35.0. The molecule has 0 amide bonds. The lowest BCUT2D eigenvalue weighted by Crippen LogP contribution is -2.25. The van der Waals surface area contributed by atoms with Gasteiger partial charge in [0.25, 0.3) is 0 Å². The summed E-state index contributed by atoms with van der Waals surface area (Å²) in [5, 5.41) is 0. The lowest BCUT2D eigenvalue weighted by molar-refractivity contribution is 0.360. The molecule has 1 heterocycles. The maximum absolute atomic E-state index is 7.19. The van der Waals surface area contributed by atoms with Gasteiger partial charge < -0.3 is 14.4 Å². The first-order valence-corrected chi connectivity index (χ1v) is 22.2. The smallest absolute Gasteiger partial charge is 0.178 e. The number of nitrogens with zero attached hydrogens (tertiary/aromatic N) is 1. The van der Waals surface area contributed by atoms with Crippen molar-refractivity contribution in [3.05, 3.63) is 252 Å². The van der Waals surface area contributed by atoms with Crippen LogP contribution in [0, 0.1) is 0 Å². The van der Waals surface area contributed by atoms with Gasteiger partial charge in [0.15, 0.2) is 23.0 Å². The van der Waals surface area contributed by atoms with E-state index in [4.69, 9.17) is 9.47 Å². The Labute approximate surface area is 373 Å². The maximum Gasteiger partial charge on any atom is 0.178 e. The Morgan fingerprint density at radius 2 is 0.953 bits per heavy atom. The van der Waals surface area contributed by atoms with Crippen LogP contribution < -0.4 is 14.4 Å². The second kappa shape index (κ2) is 14.5. The van der Waals surface area contributed by atoms with Crippen LogP contribution in [0.4, 0.5) is 17.1 Å². The van der Waals surface area contributed by atoms with Crippen LogP contribution in [0.15, 0.2) is 224 Å². The third-order valence-electron chi connectivity index (χ3n) is 13.6. The molecule has 0 bridgehead atoms. The topological polar surface area (TPSA) is 21.7 Å². The van der Waals surface area contributed by atoms with E-state index in [1.165, 1.54) is 61.2 Å². The third kappa shape index (κ3) is 5.54. The average molecular weight is 820 g/mol. The van der Waals surface area contributed by atoms with Crippen molar-refractivity contribution in [2.75, 3.05) is 4.90 Å². The molecule has 3 aliphatic carbocycles. The fraction of sp³-hybridized carbons (Fsp3) is 0.0492. The Kier molecular flexibility index (Phi) is 8.26. The molecule has 1 spiro atoms. The molecule has 9 aromatic rings. The SMILES string of the molecule is C1=CC(c2ccc(N(c3cccc(-c4ccc(-c5ccccc5)cc4)c3)c3ccc4c(c3)Oc3c(ccc5c3-c3ccccc3C53c5ccccc5-c5ccccc53)O4)cc2)=CCC1. The van der Waals surface area contributed by atoms with E-state index >= 15 is 0 Å². The van der Waals surface area contributed by atoms with E-state index in [9.17, 15) is 0 Å². The van der Waals surface area contributed by atoms with Gasteiger partial charge in [-0.1, -0.05) is 176 Å². The molecule has 0 fully saturated rings. The third-order valence-corrected chi connectivity index (χ3v) is 13.6. The Balaban J connectivity index is 0.927. The van der Waals surface area contributed by atoms with Gasteiger partial charge in [-0.25, -0.2) is 0 Å². The van der Waals surface area contributed by atoms with Crippen molar-refractivity contribution in [1.29, 1.82) is 0 Å². The van der Waals surface area contributed by atoms with Gasteiger partial charge >= 0.3 is 0 Å². The molecule has 0 atom stereocenters. The summed E-state index contributed by atoms with van der Waals surface area (Å²) < 4.78 is 14.0. The molecule has 3 heteroatoms. The highest BCUT2D eigenvalue weighted by Crippen LogP contribution is 2.66. The Hall–Kier alpha value is -8.14. The molecule has 0 radical (unpaired) electrons. The predicted molar refractivity (Wildman–Crippen MR) is 261 cm³/mol. The Morgan fingerprint density at radius 1 is 0.375 bits per heavy atom. The minimum Gasteiger partial charge on any atom is -0.449 e. The van der Waals surface area contributed by atoms with E-state index in [-0.39, 0.29) is 0 Å². The normalized spacial score (nSPS) is 14.2. The van der Waals surface area contributed by atoms with Crippen LogP contribution in [-0.2, 0) is 5.41 Å². The van der Waals surface area contributed by atoms with Gasteiger partial charge in [0, 0.05) is 23.0 Å². The van der Waals surface area contributed by atoms with Crippen LogP contribution in [-0.4, -0.2) is 0 Å². The molecule has 0 saturated heterocycles. The molecule has 0 N–H and O–H groups in total. The lowest BCUT2D eigenvalue weighted by atomic mass is 9.70. The summed E-state index contributed by atoms with van der Waals surface area (Å²) in [4.78, 5) is 2.32. The summed E-state index contributed by atoms with van der Waals surface area (Å²) in [6, 6.07) is 74.5. The summed E-state index contributed by atoms with van der Waals surface area (Å²) in [6.07, 6.45) is 8.99. The van der Waals surface area contributed by atoms with Gasteiger partial charge in [-0.15, -0.1) is 0 Å². The molecule has 302 valence electrons. The van der Waals surface area contributed by atoms with Gasteiger partial charge in [-0.3, -0.25) is 0 Å². The molecule has 0 unspecified atom stereocenters. The van der Waals surface area contributed by atoms with E-state index in [1.807, 2.05) is 6.07 Å². The van der Waals surface area contributed by atoms with Gasteiger partial charge in [0.2, 0.25) is 0 Å². The highest BCUT2D eigenvalue weighted by molar-refractivity contribution is 5.98. The van der Waals surface area contributed by atoms with Gasteiger partial charge in [-0.2, -0.15) is 0 Å². The van der Waals surface area contributed by atoms with Crippen molar-refractivity contribution < 1.29 is 9.47 Å². The number of benzene rings is 9. The lowest BCUT2D eigenvalue weighted by Gasteiger charge is -2.31. The molecular formula is C61H41NO2. The number of fused-ring (bicyclic) bond motifs is 13. The maximum atomic E-state index is 7.19. The summed E-state index contributed by atoms with van der Waals surface area (Å²) >= 11 is 0. The standard InChI is InChI=1S/C61H41NO2/c1-3-14-40(15-4-1)42-26-28-44(29-27-42)45-18-13-19-47(38-45)62(46-32-30-43(31-33-46)41-16-5-2-6-17-41)48-34-36-56-58(39-48)64-60-57(63-56)37-35-55-59(60)51-22-9-12-25-54(51)61(55)52-23-10-7-20-49(52)50-21-8-11-24-53(50)61/h1,3-5,7-39H,2,6H2. The van der Waals surface area contributed by atoms with Crippen molar-refractivity contribution in [3.8, 4) is 67.5 Å². The number of rotatable bonds is 6. The molecule has 0 saturated carbocycles. The minimum atomic E-state index is -0.473. The van der Waals surface area contributed by atoms with Crippen molar-refractivity contribution in [2.45, 2.75) is 18.3 Å². The van der Waals surface area contributed by atoms with E-state index in [0.29, 0.717) is 11.5 Å². The minimum absolute atomic E-state index is 0.473. The summed E-state index contributed by atoms with van der Waals surface area (Å²) in [5.41, 5.74) is 19.7. The van der Waals surface area contributed by atoms with E-state index in [2.05, 4.69) is 223 Å². The van der Waals surface area contributed by atoms with Crippen molar-refractivity contribution >= 4 is 22.6 Å². The van der Waals surface area contributed by atoms with Crippen LogP contribution in [0.5, 0.6) is 23.0 Å². The van der Waals surface area contributed by atoms with Crippen LogP contribution in [0.25, 0.3) is 50.1 Å². The second-order valence-electron chi connectivity index (χ2n) is 17.1. The fourth-order valence-electron chi connectivity index (χ4n) is 10.7. The van der Waals surface area contributed by atoms with Gasteiger partial charge in [0.1, 0.15) is 0 Å². The van der Waals surface area contributed by atoms with Crippen LogP contribution in [0.3, 0.4) is 0 Å². The molecule has 3 nitrogen and oxygen atoms in total. The molecule has 1 aliphatic heterocycles. The van der Waals surface area contributed by atoms with Crippen LogP contribution in [0.2, 0.25) is 0 Å². The van der Waals surface area contributed by atoms with Gasteiger partial charge in [0.05, 0.1) is 11.1 Å². The predicted octanol–water partition coefficient (Wildman–Crippen LogP) is 16.5. The number of hydrogen-bond donors (Lipinski definition) is 0. The number of allylic oxidation sites excluding steroid dienone is 4. The van der Waals surface area contributed by atoms with Crippen molar-refractivity contribution in [1.82, 2.24) is 0 Å². The second-order valence-corrected chi connectivity index (χ2v) is 17.1. The zero-order chi connectivity index (χ0) is 42.2. The summed E-state index contributed by atoms with van der Waals surface area (Å²) in [7, 11) is 0. The zero-order valence-electron chi connectivity index (χ0n) is 35.0. The van der Waals surface area contributed by atoms with Crippen molar-refractivity contribution in [3.63, 3.8) is 0 Å². The van der Waals surface area contributed by atoms with Crippen LogP contribution >= 0.6 is 0 Å². The molecule has 64 heavy (non-hydrogen) atoms. The molecule has 4 aliphatic rings. The van der Waals surface area contributed by atoms with E-state index in [1.54, 1.807) is 0 Å². The molecule has 0 aromatic heterocycles. The quantitative estimate of drug-likeness (QED) is 0.167. The number of anilines is 3. The van der Waals surface area contributed by atoms with E-state index in [0.717, 1.165) is 58.1 Å². The van der Waals surface area contributed by atoms with Gasteiger partial charge in [-0.05, 0) is 128 Å². The first-order chi connectivity index (χ1) is 31.7. The molecule has 13 rings (SSSR count). The first kappa shape index (κ1) is 36.5. The van der Waals surface area contributed by atoms with Crippen molar-refractivity contribution in [2.24, 2.45) is 0 Å². The Bertz CT molecular complexity index is 3330. The molecular weight excluding hydrogens is 779 g/mol. The highest BCUT2D eigenvalue weighted by Gasteiger charge is 2.53. The largest absolute Gasteiger partial charge is 0.449 e. The average Bonchev–Trinajstić information content (AvgIpc) is 3.84. The number of hydrogen-bond acceptors (Lipinski definition) is 3. The van der Waals surface area contributed by atoms with E-state index < -0.39 is 5.41 Å². The highest BCUT2D eigenvalue weighted by atomic mass is 16.6. The summed E-state index contributed by atoms with van der Waals surface area (Å²) in [5.74, 6) is 2.83. The monoisotopic (exact) mass is 819 g/mol.